The van der Waals surface area contributed by atoms with Crippen LogP contribution in [0.25, 0.3) is 0 Å². The fourth-order valence-electron chi connectivity index (χ4n) is 2.37. The average Bonchev–Trinajstić information content (AvgIpc) is 2.95. The Morgan fingerprint density at radius 2 is 2.11 bits per heavy atom. The number of methoxy groups -OCH3 is 1. The fraction of sp³-hybridized carbons (Fsp3) is 0.429. The van der Waals surface area contributed by atoms with Crippen LogP contribution in [0.5, 0.6) is 0 Å². The number of likely N-dealkylation sites (tertiary alicyclic amines) is 1. The molecule has 0 aliphatic carbocycles. The highest BCUT2D eigenvalue weighted by atomic mass is 32.2. The maximum atomic E-state index is 12.6. The number of amides is 1. The number of rotatable bonds is 3. The molecular weight excluding hydrogens is 262 g/mol. The molecule has 1 saturated heterocycles. The zero-order valence-electron chi connectivity index (χ0n) is 11.1. The Bertz CT molecular complexity index is 489. The Morgan fingerprint density at radius 3 is 2.79 bits per heavy atom. The first kappa shape index (κ1) is 13.9. The Labute approximate surface area is 117 Å². The van der Waals surface area contributed by atoms with E-state index in [1.807, 2.05) is 24.5 Å². The molecule has 1 aromatic carbocycles. The van der Waals surface area contributed by atoms with Crippen molar-refractivity contribution in [3.63, 3.8) is 0 Å². The molecule has 1 amide bonds. The molecule has 0 spiro atoms. The second-order valence-electron chi connectivity index (χ2n) is 4.38. The van der Waals surface area contributed by atoms with Crippen LogP contribution < -0.4 is 0 Å². The predicted molar refractivity (Wildman–Crippen MR) is 74.3 cm³/mol. The Kier molecular flexibility index (Phi) is 4.47. The minimum atomic E-state index is -0.438. The lowest BCUT2D eigenvalue weighted by atomic mass is 10.1. The molecule has 0 bridgehead atoms. The molecule has 1 aliphatic heterocycles. The van der Waals surface area contributed by atoms with Crippen LogP contribution in [0.1, 0.15) is 23.2 Å². The molecule has 5 heteroatoms. The Morgan fingerprint density at radius 1 is 1.37 bits per heavy atom. The standard InChI is InChI=1S/C14H17NO3S/c1-18-14(17)11-7-5-9-15(11)13(16)10-6-3-4-8-12(10)19-2/h3-4,6,8,11H,5,7,9H2,1-2H3. The number of hydrogen-bond acceptors (Lipinski definition) is 4. The summed E-state index contributed by atoms with van der Waals surface area (Å²) in [6.07, 6.45) is 3.46. The van der Waals surface area contributed by atoms with Crippen LogP contribution in [0.15, 0.2) is 29.2 Å². The van der Waals surface area contributed by atoms with Gasteiger partial charge in [0.25, 0.3) is 5.91 Å². The monoisotopic (exact) mass is 279 g/mol. The first-order valence-electron chi connectivity index (χ1n) is 6.21. The van der Waals surface area contributed by atoms with Gasteiger partial charge in [0.1, 0.15) is 6.04 Å². The lowest BCUT2D eigenvalue weighted by molar-refractivity contribution is -0.145. The van der Waals surface area contributed by atoms with Gasteiger partial charge >= 0.3 is 5.97 Å². The molecule has 19 heavy (non-hydrogen) atoms. The van der Waals surface area contributed by atoms with Crippen LogP contribution in [-0.4, -0.2) is 42.7 Å². The number of nitrogens with zero attached hydrogens (tertiary/aromatic N) is 1. The van der Waals surface area contributed by atoms with E-state index < -0.39 is 6.04 Å². The molecule has 1 unspecified atom stereocenters. The van der Waals surface area contributed by atoms with Gasteiger partial charge in [-0.25, -0.2) is 4.79 Å². The topological polar surface area (TPSA) is 46.6 Å². The summed E-state index contributed by atoms with van der Waals surface area (Å²) >= 11 is 1.53. The Balaban J connectivity index is 2.26. The van der Waals surface area contributed by atoms with Crippen molar-refractivity contribution >= 4 is 23.6 Å². The van der Waals surface area contributed by atoms with Crippen molar-refractivity contribution < 1.29 is 14.3 Å². The summed E-state index contributed by atoms with van der Waals surface area (Å²) in [5, 5.41) is 0. The molecule has 1 heterocycles. The number of ether oxygens (including phenoxy) is 1. The van der Waals surface area contributed by atoms with Crippen LogP contribution in [0.2, 0.25) is 0 Å². The second-order valence-corrected chi connectivity index (χ2v) is 5.23. The van der Waals surface area contributed by atoms with E-state index in [-0.39, 0.29) is 11.9 Å². The molecule has 2 rings (SSSR count). The summed E-state index contributed by atoms with van der Waals surface area (Å²) in [5.41, 5.74) is 0.658. The van der Waals surface area contributed by atoms with Crippen molar-refractivity contribution in [3.8, 4) is 0 Å². The number of hydrogen-bond donors (Lipinski definition) is 0. The van der Waals surface area contributed by atoms with Gasteiger partial charge in [-0.2, -0.15) is 0 Å². The van der Waals surface area contributed by atoms with Crippen molar-refractivity contribution in [2.75, 3.05) is 19.9 Å². The van der Waals surface area contributed by atoms with Crippen molar-refractivity contribution in [1.29, 1.82) is 0 Å². The number of thioether (sulfide) groups is 1. The van der Waals surface area contributed by atoms with E-state index in [2.05, 4.69) is 0 Å². The summed E-state index contributed by atoms with van der Waals surface area (Å²) in [4.78, 5) is 26.8. The molecule has 102 valence electrons. The smallest absolute Gasteiger partial charge is 0.328 e. The molecule has 1 fully saturated rings. The summed E-state index contributed by atoms with van der Waals surface area (Å²) in [7, 11) is 1.36. The second kappa shape index (κ2) is 6.10. The van der Waals surface area contributed by atoms with E-state index in [9.17, 15) is 9.59 Å². The summed E-state index contributed by atoms with van der Waals surface area (Å²) in [6.45, 7) is 0.612. The molecule has 1 atom stereocenters. The lowest BCUT2D eigenvalue weighted by Gasteiger charge is -2.23. The van der Waals surface area contributed by atoms with E-state index in [0.717, 1.165) is 11.3 Å². The van der Waals surface area contributed by atoms with Crippen LogP contribution in [-0.2, 0) is 9.53 Å². The van der Waals surface area contributed by atoms with Gasteiger partial charge < -0.3 is 9.64 Å². The average molecular weight is 279 g/mol. The highest BCUT2D eigenvalue weighted by Crippen LogP contribution is 2.26. The fourth-order valence-corrected chi connectivity index (χ4v) is 2.96. The van der Waals surface area contributed by atoms with Crippen molar-refractivity contribution in [3.05, 3.63) is 29.8 Å². The molecular formula is C14H17NO3S. The van der Waals surface area contributed by atoms with Crippen molar-refractivity contribution in [2.24, 2.45) is 0 Å². The van der Waals surface area contributed by atoms with Crippen molar-refractivity contribution in [2.45, 2.75) is 23.8 Å². The zero-order valence-corrected chi connectivity index (χ0v) is 11.9. The first-order chi connectivity index (χ1) is 9.19. The summed E-state index contributed by atoms with van der Waals surface area (Å²) in [6, 6.07) is 7.04. The van der Waals surface area contributed by atoms with Crippen LogP contribution in [0.3, 0.4) is 0 Å². The summed E-state index contributed by atoms with van der Waals surface area (Å²) in [5.74, 6) is -0.412. The Hall–Kier alpha value is -1.49. The van der Waals surface area contributed by atoms with E-state index >= 15 is 0 Å². The number of carbonyl (C=O) groups is 2. The van der Waals surface area contributed by atoms with Crippen molar-refractivity contribution in [1.82, 2.24) is 4.90 Å². The molecule has 0 saturated carbocycles. The third-order valence-electron chi connectivity index (χ3n) is 3.32. The molecule has 1 aliphatic rings. The van der Waals surface area contributed by atoms with Gasteiger partial charge in [-0.05, 0) is 31.2 Å². The maximum absolute atomic E-state index is 12.6. The quantitative estimate of drug-likeness (QED) is 0.628. The van der Waals surface area contributed by atoms with Crippen LogP contribution in [0.4, 0.5) is 0 Å². The van der Waals surface area contributed by atoms with Gasteiger partial charge in [-0.1, -0.05) is 12.1 Å². The van der Waals surface area contributed by atoms with E-state index in [4.69, 9.17) is 4.74 Å². The third-order valence-corrected chi connectivity index (χ3v) is 4.12. The van der Waals surface area contributed by atoms with Crippen LogP contribution in [0, 0.1) is 0 Å². The first-order valence-corrected chi connectivity index (χ1v) is 7.43. The van der Waals surface area contributed by atoms with Gasteiger partial charge in [-0.3, -0.25) is 4.79 Å². The molecule has 4 nitrogen and oxygen atoms in total. The highest BCUT2D eigenvalue weighted by molar-refractivity contribution is 7.98. The molecule has 0 N–H and O–H groups in total. The predicted octanol–water partition coefficient (Wildman–Crippen LogP) is 2.19. The van der Waals surface area contributed by atoms with E-state index in [0.29, 0.717) is 18.5 Å². The minimum Gasteiger partial charge on any atom is -0.467 e. The lowest BCUT2D eigenvalue weighted by Crippen LogP contribution is -2.41. The SMILES string of the molecule is COC(=O)C1CCCN1C(=O)c1ccccc1SC. The van der Waals surface area contributed by atoms with Crippen LogP contribution >= 0.6 is 11.8 Å². The number of esters is 1. The zero-order chi connectivity index (χ0) is 13.8. The molecule has 0 radical (unpaired) electrons. The number of carbonyl (C=O) groups excluding carboxylic acids is 2. The highest BCUT2D eigenvalue weighted by Gasteiger charge is 2.35. The minimum absolute atomic E-state index is 0.0853. The van der Waals surface area contributed by atoms with Gasteiger partial charge in [0, 0.05) is 11.4 Å². The van der Waals surface area contributed by atoms with E-state index in [1.165, 1.54) is 18.9 Å². The number of benzene rings is 1. The van der Waals surface area contributed by atoms with E-state index in [1.54, 1.807) is 11.0 Å². The van der Waals surface area contributed by atoms with Gasteiger partial charge in [0.15, 0.2) is 0 Å². The normalized spacial score (nSPS) is 18.4. The summed E-state index contributed by atoms with van der Waals surface area (Å²) < 4.78 is 4.77. The van der Waals surface area contributed by atoms with Gasteiger partial charge in [0.05, 0.1) is 12.7 Å². The largest absolute Gasteiger partial charge is 0.467 e. The third kappa shape index (κ3) is 2.76. The van der Waals surface area contributed by atoms with Gasteiger partial charge in [-0.15, -0.1) is 11.8 Å². The molecule has 1 aromatic rings. The molecule has 0 aromatic heterocycles. The maximum Gasteiger partial charge on any atom is 0.328 e. The van der Waals surface area contributed by atoms with Gasteiger partial charge in [0.2, 0.25) is 0 Å².